The lowest BCUT2D eigenvalue weighted by Crippen LogP contribution is -3.07. The molecule has 0 bridgehead atoms. The van der Waals surface area contributed by atoms with Crippen molar-refractivity contribution in [3.8, 4) is 0 Å². The first kappa shape index (κ1) is 18.4. The minimum Gasteiger partial charge on any atom is -0.355 e. The van der Waals surface area contributed by atoms with Crippen LogP contribution in [0.5, 0.6) is 0 Å². The number of carbonyl (C=O) groups excluding carboxylic acids is 1. The Bertz CT molecular complexity index is 298. The third-order valence-electron chi connectivity index (χ3n) is 3.15. The highest BCUT2D eigenvalue weighted by Gasteiger charge is 2.33. The van der Waals surface area contributed by atoms with Crippen LogP contribution in [0.15, 0.2) is 0 Å². The smallest absolute Gasteiger partial charge is 0.225 e. The third kappa shape index (κ3) is 8.25. The van der Waals surface area contributed by atoms with Gasteiger partial charge in [-0.25, -0.2) is 0 Å². The summed E-state index contributed by atoms with van der Waals surface area (Å²) in [5.41, 5.74) is -0.00421. The lowest BCUT2D eigenvalue weighted by atomic mass is 9.75. The molecule has 0 aromatic heterocycles. The molecule has 0 saturated heterocycles. The zero-order chi connectivity index (χ0) is 15.5. The fourth-order valence-electron chi connectivity index (χ4n) is 2.98. The van der Waals surface area contributed by atoms with Gasteiger partial charge in [-0.1, -0.05) is 48.5 Å². The Balaban J connectivity index is 4.46. The minimum absolute atomic E-state index is 0.131. The summed E-state index contributed by atoms with van der Waals surface area (Å²) in [5.74, 6) is 0.171. The van der Waals surface area contributed by atoms with E-state index in [2.05, 4.69) is 54.0 Å². The molecule has 0 radical (unpaired) electrons. The summed E-state index contributed by atoms with van der Waals surface area (Å²) in [6, 6.07) is 0. The highest BCUT2D eigenvalue weighted by Crippen LogP contribution is 2.33. The molecular weight excluding hydrogens is 236 g/mol. The summed E-state index contributed by atoms with van der Waals surface area (Å²) in [4.78, 5) is 13.8. The van der Waals surface area contributed by atoms with Crippen LogP contribution >= 0.6 is 0 Å². The van der Waals surface area contributed by atoms with Gasteiger partial charge in [0.05, 0.1) is 20.6 Å². The van der Waals surface area contributed by atoms with Crippen molar-refractivity contribution in [2.24, 2.45) is 16.2 Å². The molecule has 0 aromatic rings. The van der Waals surface area contributed by atoms with E-state index in [-0.39, 0.29) is 22.2 Å². The van der Waals surface area contributed by atoms with Gasteiger partial charge in [0.15, 0.2) is 0 Å². The van der Waals surface area contributed by atoms with Gasteiger partial charge in [-0.15, -0.1) is 0 Å². The lowest BCUT2D eigenvalue weighted by Gasteiger charge is -2.33. The van der Waals surface area contributed by atoms with Crippen LogP contribution in [-0.2, 0) is 4.79 Å². The Kier molecular flexibility index (Phi) is 6.07. The molecule has 3 nitrogen and oxygen atoms in total. The van der Waals surface area contributed by atoms with E-state index in [1.807, 2.05) is 13.8 Å². The van der Waals surface area contributed by atoms with E-state index >= 15 is 0 Å². The summed E-state index contributed by atoms with van der Waals surface area (Å²) in [5, 5.41) is 3.14. The minimum atomic E-state index is -0.306. The first-order valence-corrected chi connectivity index (χ1v) is 7.33. The van der Waals surface area contributed by atoms with Crippen LogP contribution < -0.4 is 10.2 Å². The van der Waals surface area contributed by atoms with Gasteiger partial charge >= 0.3 is 0 Å². The van der Waals surface area contributed by atoms with Gasteiger partial charge in [-0.3, -0.25) is 4.79 Å². The SMILES string of the molecule is C[NH+](C)CC(C)(C)CNC(=O)C(C)(C)CC(C)(C)C. The second-order valence-electron chi connectivity index (χ2n) is 8.85. The molecule has 0 spiro atoms. The van der Waals surface area contributed by atoms with Crippen LogP contribution in [0.4, 0.5) is 0 Å². The number of hydrogen-bond acceptors (Lipinski definition) is 1. The fraction of sp³-hybridized carbons (Fsp3) is 0.938. The van der Waals surface area contributed by atoms with Crippen molar-refractivity contribution in [1.29, 1.82) is 0 Å². The van der Waals surface area contributed by atoms with Crippen molar-refractivity contribution in [3.05, 3.63) is 0 Å². The van der Waals surface area contributed by atoms with Crippen LogP contribution in [0.1, 0.15) is 54.9 Å². The number of carbonyl (C=O) groups is 1. The van der Waals surface area contributed by atoms with Crippen molar-refractivity contribution in [3.63, 3.8) is 0 Å². The van der Waals surface area contributed by atoms with Crippen LogP contribution in [0.3, 0.4) is 0 Å². The van der Waals surface area contributed by atoms with E-state index in [0.717, 1.165) is 19.5 Å². The van der Waals surface area contributed by atoms with Crippen molar-refractivity contribution < 1.29 is 9.69 Å². The van der Waals surface area contributed by atoms with Crippen molar-refractivity contribution in [2.75, 3.05) is 27.2 Å². The highest BCUT2D eigenvalue weighted by molar-refractivity contribution is 5.81. The number of nitrogens with one attached hydrogen (secondary N) is 2. The van der Waals surface area contributed by atoms with Gasteiger partial charge in [0.1, 0.15) is 0 Å². The molecule has 0 aliphatic rings. The molecule has 1 amide bonds. The van der Waals surface area contributed by atoms with Gasteiger partial charge in [0.2, 0.25) is 5.91 Å². The Morgan fingerprint density at radius 3 is 1.84 bits per heavy atom. The molecule has 0 atom stereocenters. The van der Waals surface area contributed by atoms with Gasteiger partial charge in [-0.05, 0) is 11.8 Å². The highest BCUT2D eigenvalue weighted by atomic mass is 16.2. The van der Waals surface area contributed by atoms with E-state index < -0.39 is 0 Å². The molecule has 2 N–H and O–H groups in total. The number of quaternary nitrogens is 1. The Morgan fingerprint density at radius 2 is 1.47 bits per heavy atom. The summed E-state index contributed by atoms with van der Waals surface area (Å²) in [6.45, 7) is 16.8. The standard InChI is InChI=1S/C16H34N2O/c1-14(2,3)10-16(6,7)13(19)17-11-15(4,5)12-18(8)9/h10-12H2,1-9H3,(H,17,19)/p+1. The maximum Gasteiger partial charge on any atom is 0.225 e. The summed E-state index contributed by atoms with van der Waals surface area (Å²) in [6.07, 6.45) is 0.894. The average Bonchev–Trinajstić information content (AvgIpc) is 2.07. The quantitative estimate of drug-likeness (QED) is 0.758. The largest absolute Gasteiger partial charge is 0.355 e. The summed E-state index contributed by atoms with van der Waals surface area (Å²) in [7, 11) is 4.29. The zero-order valence-corrected chi connectivity index (χ0v) is 14.5. The molecule has 0 aliphatic carbocycles. The maximum absolute atomic E-state index is 12.4. The predicted molar refractivity (Wildman–Crippen MR) is 82.3 cm³/mol. The summed E-state index contributed by atoms with van der Waals surface area (Å²) < 4.78 is 0. The van der Waals surface area contributed by atoms with E-state index in [1.165, 1.54) is 4.90 Å². The number of rotatable bonds is 6. The second kappa shape index (κ2) is 6.25. The molecule has 0 heterocycles. The Hall–Kier alpha value is -0.570. The van der Waals surface area contributed by atoms with E-state index in [9.17, 15) is 4.79 Å². The molecule has 0 fully saturated rings. The lowest BCUT2D eigenvalue weighted by molar-refractivity contribution is -0.865. The molecule has 0 unspecified atom stereocenters. The molecule has 0 rings (SSSR count). The monoisotopic (exact) mass is 271 g/mol. The first-order valence-electron chi connectivity index (χ1n) is 7.33. The maximum atomic E-state index is 12.4. The molecule has 19 heavy (non-hydrogen) atoms. The number of amides is 1. The van der Waals surface area contributed by atoms with Crippen molar-refractivity contribution >= 4 is 5.91 Å². The second-order valence-corrected chi connectivity index (χ2v) is 8.85. The Labute approximate surface area is 120 Å². The molecule has 0 saturated carbocycles. The van der Waals surface area contributed by atoms with E-state index in [4.69, 9.17) is 0 Å². The van der Waals surface area contributed by atoms with Crippen molar-refractivity contribution in [2.45, 2.75) is 54.9 Å². The average molecular weight is 271 g/mol. The molecule has 0 aliphatic heterocycles. The molecule has 0 aromatic carbocycles. The van der Waals surface area contributed by atoms with Gasteiger partial charge < -0.3 is 10.2 Å². The van der Waals surface area contributed by atoms with E-state index in [1.54, 1.807) is 0 Å². The van der Waals surface area contributed by atoms with Crippen LogP contribution in [0, 0.1) is 16.2 Å². The summed E-state index contributed by atoms with van der Waals surface area (Å²) >= 11 is 0. The van der Waals surface area contributed by atoms with Crippen molar-refractivity contribution in [1.82, 2.24) is 5.32 Å². The molecule has 114 valence electrons. The third-order valence-corrected chi connectivity index (χ3v) is 3.15. The van der Waals surface area contributed by atoms with Gasteiger partial charge in [0, 0.05) is 17.4 Å². The predicted octanol–water partition coefficient (Wildman–Crippen LogP) is 1.74. The first-order chi connectivity index (χ1) is 8.25. The molecule has 3 heteroatoms. The van der Waals surface area contributed by atoms with Crippen LogP contribution in [-0.4, -0.2) is 33.1 Å². The number of hydrogen-bond donors (Lipinski definition) is 2. The Morgan fingerprint density at radius 1 is 1.00 bits per heavy atom. The fourth-order valence-corrected chi connectivity index (χ4v) is 2.98. The van der Waals surface area contributed by atoms with Gasteiger partial charge in [-0.2, -0.15) is 0 Å². The van der Waals surface area contributed by atoms with E-state index in [0.29, 0.717) is 0 Å². The van der Waals surface area contributed by atoms with Gasteiger partial charge in [0.25, 0.3) is 0 Å². The normalized spacial score (nSPS) is 13.8. The molecular formula is C16H35N2O+. The van der Waals surface area contributed by atoms with Crippen LogP contribution in [0.25, 0.3) is 0 Å². The zero-order valence-electron chi connectivity index (χ0n) is 14.5. The van der Waals surface area contributed by atoms with Crippen LogP contribution in [0.2, 0.25) is 0 Å². The topological polar surface area (TPSA) is 33.5 Å².